The molecule has 10 heteroatoms. The first-order chi connectivity index (χ1) is 11.5. The Morgan fingerprint density at radius 3 is 2.69 bits per heavy atom. The molecule has 1 aliphatic carbocycles. The van der Waals surface area contributed by atoms with E-state index in [0.717, 1.165) is 38.6 Å². The van der Waals surface area contributed by atoms with E-state index in [1.807, 2.05) is 4.90 Å². The molecular formula is C16H25Cl2N5O3. The number of carbonyl (C=O) groups is 1. The number of aromatic nitrogens is 1. The highest BCUT2D eigenvalue weighted by Crippen LogP contribution is 2.27. The van der Waals surface area contributed by atoms with Crippen LogP contribution >= 0.6 is 24.8 Å². The molecule has 1 aliphatic heterocycles. The summed E-state index contributed by atoms with van der Waals surface area (Å²) in [6, 6.07) is 3.30. The molecule has 1 saturated heterocycles. The highest BCUT2D eigenvalue weighted by atomic mass is 35.5. The van der Waals surface area contributed by atoms with Gasteiger partial charge in [0.15, 0.2) is 0 Å². The normalized spacial score (nSPS) is 25.0. The first-order valence-corrected chi connectivity index (χ1v) is 8.44. The Morgan fingerprint density at radius 2 is 2.08 bits per heavy atom. The van der Waals surface area contributed by atoms with E-state index in [1.54, 1.807) is 6.07 Å². The fraction of sp³-hybridized carbons (Fsp3) is 0.625. The molecule has 2 fully saturated rings. The monoisotopic (exact) mass is 405 g/mol. The molecule has 1 aromatic heterocycles. The smallest absolute Gasteiger partial charge is 0.287 e. The van der Waals surface area contributed by atoms with Crippen LogP contribution in [-0.2, 0) is 4.79 Å². The summed E-state index contributed by atoms with van der Waals surface area (Å²) in [6.07, 6.45) is 5.86. The van der Waals surface area contributed by atoms with Crippen molar-refractivity contribution < 1.29 is 9.72 Å². The van der Waals surface area contributed by atoms with Crippen molar-refractivity contribution in [3.63, 3.8) is 0 Å². The van der Waals surface area contributed by atoms with E-state index < -0.39 is 4.92 Å². The topological polar surface area (TPSA) is 114 Å². The number of nitrogens with one attached hydrogen (secondary N) is 1. The predicted molar refractivity (Wildman–Crippen MR) is 104 cm³/mol. The molecule has 0 aromatic carbocycles. The number of rotatable bonds is 4. The van der Waals surface area contributed by atoms with Crippen molar-refractivity contribution in [3.8, 4) is 0 Å². The highest BCUT2D eigenvalue weighted by molar-refractivity contribution is 5.85. The van der Waals surface area contributed by atoms with Crippen LogP contribution in [0.5, 0.6) is 0 Å². The number of halogens is 2. The molecule has 0 spiro atoms. The van der Waals surface area contributed by atoms with Crippen LogP contribution in [0.15, 0.2) is 18.3 Å². The highest BCUT2D eigenvalue weighted by Gasteiger charge is 2.33. The maximum absolute atomic E-state index is 12.6. The fourth-order valence-corrected chi connectivity index (χ4v) is 3.58. The number of nitrogens with two attached hydrogens (primary N) is 1. The molecule has 0 radical (unpaired) electrons. The average molecular weight is 406 g/mol. The molecule has 3 rings (SSSR count). The first-order valence-electron chi connectivity index (χ1n) is 8.44. The number of carbonyl (C=O) groups excluding carboxylic acids is 1. The summed E-state index contributed by atoms with van der Waals surface area (Å²) < 4.78 is 0. The number of amides is 1. The second-order valence-corrected chi connectivity index (χ2v) is 6.70. The van der Waals surface area contributed by atoms with Gasteiger partial charge in [0.2, 0.25) is 5.91 Å². The van der Waals surface area contributed by atoms with Crippen LogP contribution in [0.25, 0.3) is 0 Å². The molecular weight excluding hydrogens is 381 g/mol. The zero-order valence-corrected chi connectivity index (χ0v) is 16.0. The Kier molecular flexibility index (Phi) is 8.52. The van der Waals surface area contributed by atoms with Gasteiger partial charge in [-0.25, -0.2) is 4.98 Å². The molecule has 146 valence electrons. The SMILES string of the molecule is Cl.Cl.NC1CCCC(C(=O)N2CCC(Nc3ccc([N+](=O)[O-])cn3)C2)C1. The third kappa shape index (κ3) is 5.43. The number of anilines is 1. The number of hydrogen-bond acceptors (Lipinski definition) is 6. The molecule has 0 bridgehead atoms. The van der Waals surface area contributed by atoms with Crippen molar-refractivity contribution in [1.82, 2.24) is 9.88 Å². The Labute approximate surface area is 164 Å². The lowest BCUT2D eigenvalue weighted by Gasteiger charge is -2.29. The van der Waals surface area contributed by atoms with E-state index in [0.29, 0.717) is 12.4 Å². The molecule has 3 N–H and O–H groups in total. The van der Waals surface area contributed by atoms with Gasteiger partial charge in [0.25, 0.3) is 5.69 Å². The van der Waals surface area contributed by atoms with Crippen LogP contribution in [0, 0.1) is 16.0 Å². The number of likely N-dealkylation sites (tertiary alicyclic amines) is 1. The summed E-state index contributed by atoms with van der Waals surface area (Å²) in [5.41, 5.74) is 5.96. The van der Waals surface area contributed by atoms with E-state index in [9.17, 15) is 14.9 Å². The van der Waals surface area contributed by atoms with Gasteiger partial charge >= 0.3 is 0 Å². The Hall–Kier alpha value is -1.64. The van der Waals surface area contributed by atoms with Gasteiger partial charge in [0.05, 0.1) is 4.92 Å². The second kappa shape index (κ2) is 9.89. The maximum Gasteiger partial charge on any atom is 0.287 e. The van der Waals surface area contributed by atoms with Crippen LogP contribution in [0.3, 0.4) is 0 Å². The first kappa shape index (κ1) is 22.4. The van der Waals surface area contributed by atoms with Gasteiger partial charge in [-0.2, -0.15) is 0 Å². The van der Waals surface area contributed by atoms with E-state index in [1.165, 1.54) is 12.3 Å². The molecule has 8 nitrogen and oxygen atoms in total. The van der Waals surface area contributed by atoms with Crippen LogP contribution in [0.1, 0.15) is 32.1 Å². The molecule has 26 heavy (non-hydrogen) atoms. The Bertz CT molecular complexity index is 616. The molecule has 1 amide bonds. The maximum atomic E-state index is 12.6. The molecule has 1 saturated carbocycles. The fourth-order valence-electron chi connectivity index (χ4n) is 3.58. The van der Waals surface area contributed by atoms with Gasteiger partial charge in [-0.3, -0.25) is 14.9 Å². The minimum Gasteiger partial charge on any atom is -0.365 e. The minimum absolute atomic E-state index is 0. The van der Waals surface area contributed by atoms with Gasteiger partial charge < -0.3 is 16.0 Å². The van der Waals surface area contributed by atoms with Gasteiger partial charge in [-0.15, -0.1) is 24.8 Å². The second-order valence-electron chi connectivity index (χ2n) is 6.70. The van der Waals surface area contributed by atoms with E-state index in [4.69, 9.17) is 5.73 Å². The number of nitro groups is 1. The van der Waals surface area contributed by atoms with Gasteiger partial charge in [0, 0.05) is 37.2 Å². The van der Waals surface area contributed by atoms with Gasteiger partial charge in [0.1, 0.15) is 12.0 Å². The zero-order chi connectivity index (χ0) is 17.1. The minimum atomic E-state index is -0.471. The lowest BCUT2D eigenvalue weighted by molar-refractivity contribution is -0.385. The Morgan fingerprint density at radius 1 is 1.31 bits per heavy atom. The molecule has 2 heterocycles. The average Bonchev–Trinajstić information content (AvgIpc) is 3.03. The van der Waals surface area contributed by atoms with Gasteiger partial charge in [-0.05, 0) is 31.7 Å². The lowest BCUT2D eigenvalue weighted by Crippen LogP contribution is -2.40. The van der Waals surface area contributed by atoms with E-state index in [-0.39, 0.29) is 54.4 Å². The third-order valence-corrected chi connectivity index (χ3v) is 4.87. The van der Waals surface area contributed by atoms with Crippen molar-refractivity contribution in [3.05, 3.63) is 28.4 Å². The largest absolute Gasteiger partial charge is 0.365 e. The van der Waals surface area contributed by atoms with Crippen molar-refractivity contribution in [2.45, 2.75) is 44.2 Å². The number of hydrogen-bond donors (Lipinski definition) is 2. The van der Waals surface area contributed by atoms with Crippen LogP contribution in [0.4, 0.5) is 11.5 Å². The van der Waals surface area contributed by atoms with Gasteiger partial charge in [-0.1, -0.05) is 6.42 Å². The van der Waals surface area contributed by atoms with Crippen molar-refractivity contribution in [1.29, 1.82) is 0 Å². The van der Waals surface area contributed by atoms with Crippen LogP contribution in [0.2, 0.25) is 0 Å². The van der Waals surface area contributed by atoms with E-state index >= 15 is 0 Å². The quantitative estimate of drug-likeness (QED) is 0.586. The summed E-state index contributed by atoms with van der Waals surface area (Å²) in [5, 5.41) is 13.9. The third-order valence-electron chi connectivity index (χ3n) is 4.87. The van der Waals surface area contributed by atoms with Crippen molar-refractivity contribution in [2.75, 3.05) is 18.4 Å². The summed E-state index contributed by atoms with van der Waals surface area (Å²) in [7, 11) is 0. The predicted octanol–water partition coefficient (Wildman–Crippen LogP) is 2.36. The Balaban J connectivity index is 0.00000169. The lowest BCUT2D eigenvalue weighted by atomic mass is 9.85. The number of pyridine rings is 1. The standard InChI is InChI=1S/C16H23N5O3.2ClH/c17-12-3-1-2-11(8-12)16(22)20-7-6-13(10-20)19-15-5-4-14(9-18-15)21(23)24;;/h4-5,9,11-13H,1-3,6-8,10,17H2,(H,18,19);2*1H. The number of nitrogens with zero attached hydrogens (tertiary/aromatic N) is 3. The molecule has 3 atom stereocenters. The molecule has 3 unspecified atom stereocenters. The summed E-state index contributed by atoms with van der Waals surface area (Å²) in [6.45, 7) is 1.37. The molecule has 1 aromatic rings. The summed E-state index contributed by atoms with van der Waals surface area (Å²) in [5.74, 6) is 0.871. The van der Waals surface area contributed by atoms with Crippen LogP contribution in [-0.4, -0.2) is 45.9 Å². The summed E-state index contributed by atoms with van der Waals surface area (Å²) in [4.78, 5) is 28.8. The summed E-state index contributed by atoms with van der Waals surface area (Å²) >= 11 is 0. The van der Waals surface area contributed by atoms with Crippen LogP contribution < -0.4 is 11.1 Å². The van der Waals surface area contributed by atoms with E-state index in [2.05, 4.69) is 10.3 Å². The van der Waals surface area contributed by atoms with Crippen molar-refractivity contribution in [2.24, 2.45) is 11.7 Å². The van der Waals surface area contributed by atoms with Crippen molar-refractivity contribution >= 4 is 42.2 Å². The zero-order valence-electron chi connectivity index (χ0n) is 14.4. The molecule has 2 aliphatic rings.